The third-order valence-corrected chi connectivity index (χ3v) is 2.02. The Labute approximate surface area is 95.6 Å². The second kappa shape index (κ2) is 4.55. The first-order chi connectivity index (χ1) is 7.29. The molecule has 1 aliphatic rings. The average Bonchev–Trinajstić information content (AvgIpc) is 2.27. The van der Waals surface area contributed by atoms with Gasteiger partial charge < -0.3 is 9.64 Å². The largest absolute Gasteiger partial charge is 0.443 e. The Balaban J connectivity index is 2.66. The van der Waals surface area contributed by atoms with E-state index in [1.165, 1.54) is 4.90 Å². The van der Waals surface area contributed by atoms with E-state index in [4.69, 9.17) is 4.74 Å². The van der Waals surface area contributed by atoms with Gasteiger partial charge >= 0.3 is 6.09 Å². The molecule has 0 spiro atoms. The minimum atomic E-state index is -0.549. The fourth-order valence-electron chi connectivity index (χ4n) is 1.20. The molecule has 5 heteroatoms. The lowest BCUT2D eigenvalue weighted by atomic mass is 10.2. The van der Waals surface area contributed by atoms with Crippen LogP contribution in [0.4, 0.5) is 4.79 Å². The Morgan fingerprint density at radius 1 is 1.44 bits per heavy atom. The number of amides is 2. The van der Waals surface area contributed by atoms with Crippen LogP contribution in [-0.4, -0.2) is 47.5 Å². The highest BCUT2D eigenvalue weighted by atomic mass is 16.6. The molecule has 0 saturated carbocycles. The van der Waals surface area contributed by atoms with Gasteiger partial charge in [0.2, 0.25) is 5.91 Å². The third kappa shape index (κ3) is 3.56. The van der Waals surface area contributed by atoms with Gasteiger partial charge in [0.1, 0.15) is 12.1 Å². The van der Waals surface area contributed by atoms with Crippen LogP contribution < -0.4 is 0 Å². The molecule has 0 atom stereocenters. The van der Waals surface area contributed by atoms with Crippen LogP contribution in [0.1, 0.15) is 20.8 Å². The summed E-state index contributed by atoms with van der Waals surface area (Å²) in [6.07, 6.45) is 2.86. The number of carbonyl (C=O) groups excluding carboxylic acids is 2. The van der Waals surface area contributed by atoms with Gasteiger partial charge in [0, 0.05) is 19.8 Å². The Bertz CT molecular complexity index is 318. The van der Waals surface area contributed by atoms with Crippen molar-refractivity contribution in [3.05, 3.63) is 12.3 Å². The van der Waals surface area contributed by atoms with Crippen LogP contribution in [-0.2, 0) is 9.53 Å². The molecule has 90 valence electrons. The molecular weight excluding hydrogens is 208 g/mol. The quantitative estimate of drug-likeness (QED) is 0.623. The molecule has 0 aromatic heterocycles. The minimum absolute atomic E-state index is 0.0297. The molecule has 0 fully saturated rings. The maximum absolute atomic E-state index is 11.7. The van der Waals surface area contributed by atoms with Gasteiger partial charge in [0.25, 0.3) is 0 Å². The van der Waals surface area contributed by atoms with Crippen molar-refractivity contribution in [3.8, 4) is 0 Å². The molecule has 1 heterocycles. The molecule has 0 aliphatic carbocycles. The van der Waals surface area contributed by atoms with Crippen LogP contribution in [0.25, 0.3) is 0 Å². The Kier molecular flexibility index (Phi) is 3.57. The van der Waals surface area contributed by atoms with Gasteiger partial charge in [-0.2, -0.15) is 0 Å². The van der Waals surface area contributed by atoms with E-state index in [2.05, 4.69) is 0 Å². The number of ether oxygens (including phenoxy) is 1. The SMILES string of the molecule is CN1CC=CN(C(=O)OC(C)(C)C)CC1=O. The van der Waals surface area contributed by atoms with Crippen molar-refractivity contribution in [3.63, 3.8) is 0 Å². The number of hydrogen-bond donors (Lipinski definition) is 0. The molecule has 1 aliphatic heterocycles. The van der Waals surface area contributed by atoms with E-state index in [1.807, 2.05) is 0 Å². The normalized spacial score (nSPS) is 17.4. The summed E-state index contributed by atoms with van der Waals surface area (Å²) in [6.45, 7) is 5.92. The lowest BCUT2D eigenvalue weighted by molar-refractivity contribution is -0.129. The first-order valence-electron chi connectivity index (χ1n) is 5.20. The summed E-state index contributed by atoms with van der Waals surface area (Å²) in [7, 11) is 1.70. The molecule has 0 bridgehead atoms. The molecule has 0 saturated heterocycles. The average molecular weight is 226 g/mol. The standard InChI is InChI=1S/C11H18N2O3/c1-11(2,3)16-10(15)13-7-5-6-12(4)9(14)8-13/h5,7H,6,8H2,1-4H3. The fraction of sp³-hybridized carbons (Fsp3) is 0.636. The molecule has 2 amide bonds. The topological polar surface area (TPSA) is 49.9 Å². The van der Waals surface area contributed by atoms with E-state index in [1.54, 1.807) is 45.0 Å². The highest BCUT2D eigenvalue weighted by Gasteiger charge is 2.24. The summed E-state index contributed by atoms with van der Waals surface area (Å²) in [5, 5.41) is 0. The van der Waals surface area contributed by atoms with Crippen molar-refractivity contribution in [1.29, 1.82) is 0 Å². The van der Waals surface area contributed by atoms with E-state index in [9.17, 15) is 9.59 Å². The zero-order valence-electron chi connectivity index (χ0n) is 10.2. The van der Waals surface area contributed by atoms with Crippen molar-refractivity contribution in [2.24, 2.45) is 0 Å². The minimum Gasteiger partial charge on any atom is -0.443 e. The summed E-state index contributed by atoms with van der Waals surface area (Å²) in [4.78, 5) is 26.1. The molecule has 0 N–H and O–H groups in total. The molecule has 0 radical (unpaired) electrons. The molecule has 0 unspecified atom stereocenters. The van der Waals surface area contributed by atoms with Crippen molar-refractivity contribution in [2.75, 3.05) is 20.1 Å². The molecule has 16 heavy (non-hydrogen) atoms. The second-order valence-corrected chi connectivity index (χ2v) is 4.77. The van der Waals surface area contributed by atoms with Gasteiger partial charge in [-0.1, -0.05) is 0 Å². The summed E-state index contributed by atoms with van der Waals surface area (Å²) < 4.78 is 5.18. The predicted molar refractivity (Wildman–Crippen MR) is 59.7 cm³/mol. The lowest BCUT2D eigenvalue weighted by Gasteiger charge is -2.24. The summed E-state index contributed by atoms with van der Waals surface area (Å²) in [5.74, 6) is -0.101. The zero-order valence-corrected chi connectivity index (χ0v) is 10.2. The number of carbonyl (C=O) groups is 2. The smallest absolute Gasteiger partial charge is 0.414 e. The van der Waals surface area contributed by atoms with E-state index in [0.717, 1.165) is 0 Å². The number of rotatable bonds is 0. The first-order valence-corrected chi connectivity index (χ1v) is 5.20. The third-order valence-electron chi connectivity index (χ3n) is 2.02. The van der Waals surface area contributed by atoms with Gasteiger partial charge in [-0.3, -0.25) is 9.69 Å². The Hall–Kier alpha value is -1.52. The summed E-state index contributed by atoms with van der Waals surface area (Å²) in [5.41, 5.74) is -0.549. The van der Waals surface area contributed by atoms with Crippen molar-refractivity contribution >= 4 is 12.0 Å². The summed E-state index contributed by atoms with van der Waals surface area (Å²) >= 11 is 0. The maximum Gasteiger partial charge on any atom is 0.414 e. The molecule has 0 aromatic rings. The van der Waals surface area contributed by atoms with Crippen molar-refractivity contribution < 1.29 is 14.3 Å². The van der Waals surface area contributed by atoms with E-state index in [-0.39, 0.29) is 12.5 Å². The summed E-state index contributed by atoms with van der Waals surface area (Å²) in [6, 6.07) is 0. The van der Waals surface area contributed by atoms with Gasteiger partial charge in [-0.15, -0.1) is 0 Å². The van der Waals surface area contributed by atoms with Crippen LogP contribution in [0.3, 0.4) is 0 Å². The van der Waals surface area contributed by atoms with Gasteiger partial charge in [-0.05, 0) is 26.8 Å². The maximum atomic E-state index is 11.7. The van der Waals surface area contributed by atoms with E-state index >= 15 is 0 Å². The highest BCUT2D eigenvalue weighted by Crippen LogP contribution is 2.11. The molecular formula is C11H18N2O3. The Morgan fingerprint density at radius 2 is 2.06 bits per heavy atom. The molecule has 5 nitrogen and oxygen atoms in total. The monoisotopic (exact) mass is 226 g/mol. The fourth-order valence-corrected chi connectivity index (χ4v) is 1.20. The van der Waals surface area contributed by atoms with E-state index in [0.29, 0.717) is 6.54 Å². The van der Waals surface area contributed by atoms with Crippen molar-refractivity contribution in [1.82, 2.24) is 9.80 Å². The molecule has 0 aromatic carbocycles. The van der Waals surface area contributed by atoms with Crippen LogP contribution in [0.5, 0.6) is 0 Å². The second-order valence-electron chi connectivity index (χ2n) is 4.77. The van der Waals surface area contributed by atoms with Crippen LogP contribution in [0.15, 0.2) is 12.3 Å². The molecule has 1 rings (SSSR count). The zero-order chi connectivity index (χ0) is 12.3. The lowest BCUT2D eigenvalue weighted by Crippen LogP contribution is -2.39. The van der Waals surface area contributed by atoms with Crippen LogP contribution >= 0.6 is 0 Å². The highest BCUT2D eigenvalue weighted by molar-refractivity contribution is 5.83. The van der Waals surface area contributed by atoms with Crippen LogP contribution in [0, 0.1) is 0 Å². The van der Waals surface area contributed by atoms with Crippen molar-refractivity contribution in [2.45, 2.75) is 26.4 Å². The number of nitrogens with zero attached hydrogens (tertiary/aromatic N) is 2. The van der Waals surface area contributed by atoms with Crippen LogP contribution in [0.2, 0.25) is 0 Å². The predicted octanol–water partition coefficient (Wildman–Crippen LogP) is 1.21. The van der Waals surface area contributed by atoms with Gasteiger partial charge in [0.15, 0.2) is 0 Å². The number of hydrogen-bond acceptors (Lipinski definition) is 3. The Morgan fingerprint density at radius 3 is 2.62 bits per heavy atom. The number of likely N-dealkylation sites (N-methyl/N-ethyl adjacent to an activating group) is 1. The first kappa shape index (κ1) is 12.5. The van der Waals surface area contributed by atoms with Gasteiger partial charge in [0.05, 0.1) is 0 Å². The van der Waals surface area contributed by atoms with E-state index < -0.39 is 11.7 Å². The van der Waals surface area contributed by atoms with Gasteiger partial charge in [-0.25, -0.2) is 4.79 Å².